The summed E-state index contributed by atoms with van der Waals surface area (Å²) in [6.45, 7) is 2.53. The van der Waals surface area contributed by atoms with E-state index in [-0.39, 0.29) is 18.4 Å². The molecular formula is C11H15ClN2O. The molecule has 0 heterocycles. The molecule has 0 aliphatic carbocycles. The number of halogens is 1. The SMILES string of the molecule is CCOc1ccccc1[C@H](N)CC#N.Cl. The number of hydrogen-bond donors (Lipinski definition) is 1. The van der Waals surface area contributed by atoms with Crippen LogP contribution in [0.3, 0.4) is 0 Å². The lowest BCUT2D eigenvalue weighted by atomic mass is 10.0. The van der Waals surface area contributed by atoms with Gasteiger partial charge in [0, 0.05) is 11.6 Å². The lowest BCUT2D eigenvalue weighted by molar-refractivity contribution is 0.334. The Hall–Kier alpha value is -1.24. The van der Waals surface area contributed by atoms with Crippen LogP contribution in [-0.4, -0.2) is 6.61 Å². The van der Waals surface area contributed by atoms with Gasteiger partial charge in [-0.2, -0.15) is 5.26 Å². The van der Waals surface area contributed by atoms with Crippen molar-refractivity contribution in [2.45, 2.75) is 19.4 Å². The molecule has 0 unspecified atom stereocenters. The van der Waals surface area contributed by atoms with Gasteiger partial charge in [-0.25, -0.2) is 0 Å². The summed E-state index contributed by atoms with van der Waals surface area (Å²) in [4.78, 5) is 0. The van der Waals surface area contributed by atoms with Crippen molar-refractivity contribution in [3.63, 3.8) is 0 Å². The molecule has 0 spiro atoms. The van der Waals surface area contributed by atoms with E-state index >= 15 is 0 Å². The third-order valence-electron chi connectivity index (χ3n) is 1.93. The van der Waals surface area contributed by atoms with Crippen molar-refractivity contribution in [2.75, 3.05) is 6.61 Å². The van der Waals surface area contributed by atoms with Crippen LogP contribution in [0.2, 0.25) is 0 Å². The van der Waals surface area contributed by atoms with Gasteiger partial charge in [0.2, 0.25) is 0 Å². The average Bonchev–Trinajstić information content (AvgIpc) is 2.19. The first-order valence-electron chi connectivity index (χ1n) is 4.63. The monoisotopic (exact) mass is 226 g/mol. The third-order valence-corrected chi connectivity index (χ3v) is 1.93. The summed E-state index contributed by atoms with van der Waals surface area (Å²) < 4.78 is 5.42. The van der Waals surface area contributed by atoms with Crippen LogP contribution < -0.4 is 10.5 Å². The second-order valence-electron chi connectivity index (χ2n) is 2.94. The maximum absolute atomic E-state index is 8.55. The zero-order valence-corrected chi connectivity index (χ0v) is 9.46. The summed E-state index contributed by atoms with van der Waals surface area (Å²) in [5.41, 5.74) is 6.73. The van der Waals surface area contributed by atoms with Crippen LogP contribution in [0.25, 0.3) is 0 Å². The second kappa shape index (κ2) is 7.10. The predicted molar refractivity (Wildman–Crippen MR) is 62.0 cm³/mol. The number of nitrogens with two attached hydrogens (primary N) is 1. The van der Waals surface area contributed by atoms with Gasteiger partial charge in [0.15, 0.2) is 0 Å². The molecule has 0 saturated heterocycles. The van der Waals surface area contributed by atoms with Crippen LogP contribution in [0, 0.1) is 11.3 Å². The van der Waals surface area contributed by atoms with Crippen LogP contribution in [0.15, 0.2) is 24.3 Å². The van der Waals surface area contributed by atoms with E-state index in [1.54, 1.807) is 0 Å². The predicted octanol–water partition coefficient (Wildman–Crippen LogP) is 2.42. The molecule has 4 heteroatoms. The van der Waals surface area contributed by atoms with Gasteiger partial charge in [-0.15, -0.1) is 12.4 Å². The highest BCUT2D eigenvalue weighted by molar-refractivity contribution is 5.85. The van der Waals surface area contributed by atoms with Crippen LogP contribution >= 0.6 is 12.4 Å². The van der Waals surface area contributed by atoms with Gasteiger partial charge in [0.1, 0.15) is 5.75 Å². The maximum atomic E-state index is 8.55. The molecule has 1 atom stereocenters. The fourth-order valence-electron chi connectivity index (χ4n) is 1.28. The van der Waals surface area contributed by atoms with E-state index in [1.807, 2.05) is 31.2 Å². The number of hydrogen-bond acceptors (Lipinski definition) is 3. The molecule has 2 N–H and O–H groups in total. The van der Waals surface area contributed by atoms with Crippen molar-refractivity contribution in [3.8, 4) is 11.8 Å². The van der Waals surface area contributed by atoms with Crippen molar-refractivity contribution < 1.29 is 4.74 Å². The molecule has 0 saturated carbocycles. The molecular weight excluding hydrogens is 212 g/mol. The van der Waals surface area contributed by atoms with E-state index in [0.717, 1.165) is 11.3 Å². The van der Waals surface area contributed by atoms with E-state index in [2.05, 4.69) is 6.07 Å². The number of para-hydroxylation sites is 1. The normalized spacial score (nSPS) is 11.0. The number of ether oxygens (including phenoxy) is 1. The molecule has 0 aromatic heterocycles. The van der Waals surface area contributed by atoms with Crippen molar-refractivity contribution >= 4 is 12.4 Å². The Labute approximate surface area is 96.3 Å². The highest BCUT2D eigenvalue weighted by Crippen LogP contribution is 2.24. The van der Waals surface area contributed by atoms with E-state index in [1.165, 1.54) is 0 Å². The Kier molecular flexibility index (Phi) is 6.52. The van der Waals surface area contributed by atoms with Gasteiger partial charge in [-0.05, 0) is 13.0 Å². The largest absolute Gasteiger partial charge is 0.494 e. The van der Waals surface area contributed by atoms with Crippen LogP contribution in [0.5, 0.6) is 5.75 Å². The first kappa shape index (κ1) is 13.8. The Morgan fingerprint density at radius 2 is 2.13 bits per heavy atom. The van der Waals surface area contributed by atoms with Gasteiger partial charge in [0.05, 0.1) is 19.1 Å². The Bertz CT molecular complexity index is 336. The van der Waals surface area contributed by atoms with Gasteiger partial charge in [0.25, 0.3) is 0 Å². The standard InChI is InChI=1S/C11H14N2O.ClH/c1-2-14-11-6-4-3-5-9(11)10(13)7-8-12;/h3-6,10H,2,7,13H2,1H3;1H/t10-;/m1./s1. The molecule has 0 bridgehead atoms. The molecule has 1 rings (SSSR count). The highest BCUT2D eigenvalue weighted by atomic mass is 35.5. The summed E-state index contributed by atoms with van der Waals surface area (Å²) in [5.74, 6) is 0.776. The minimum absolute atomic E-state index is 0. The molecule has 3 nitrogen and oxygen atoms in total. The molecule has 0 amide bonds. The molecule has 0 aliphatic heterocycles. The quantitative estimate of drug-likeness (QED) is 0.858. The Balaban J connectivity index is 0.00000196. The first-order chi connectivity index (χ1) is 6.79. The molecule has 1 aromatic rings. The van der Waals surface area contributed by atoms with E-state index < -0.39 is 0 Å². The third kappa shape index (κ3) is 3.78. The minimum Gasteiger partial charge on any atom is -0.494 e. The van der Waals surface area contributed by atoms with E-state index in [4.69, 9.17) is 15.7 Å². The zero-order chi connectivity index (χ0) is 10.4. The van der Waals surface area contributed by atoms with E-state index in [0.29, 0.717) is 13.0 Å². The molecule has 15 heavy (non-hydrogen) atoms. The van der Waals surface area contributed by atoms with Crippen molar-refractivity contribution in [1.82, 2.24) is 0 Å². The number of nitriles is 1. The van der Waals surface area contributed by atoms with Crippen LogP contribution in [0.1, 0.15) is 24.9 Å². The fraction of sp³-hybridized carbons (Fsp3) is 0.364. The summed E-state index contributed by atoms with van der Waals surface area (Å²) in [5, 5.41) is 8.55. The van der Waals surface area contributed by atoms with Crippen LogP contribution in [-0.2, 0) is 0 Å². The molecule has 0 aliphatic rings. The van der Waals surface area contributed by atoms with Crippen molar-refractivity contribution in [3.05, 3.63) is 29.8 Å². The number of rotatable bonds is 4. The second-order valence-corrected chi connectivity index (χ2v) is 2.94. The fourth-order valence-corrected chi connectivity index (χ4v) is 1.28. The summed E-state index contributed by atoms with van der Waals surface area (Å²) in [6.07, 6.45) is 0.310. The Morgan fingerprint density at radius 1 is 1.47 bits per heavy atom. The topological polar surface area (TPSA) is 59.0 Å². The molecule has 0 fully saturated rings. The highest BCUT2D eigenvalue weighted by Gasteiger charge is 2.10. The molecule has 82 valence electrons. The lowest BCUT2D eigenvalue weighted by Crippen LogP contribution is -2.11. The van der Waals surface area contributed by atoms with Gasteiger partial charge in [-0.3, -0.25) is 0 Å². The average molecular weight is 227 g/mol. The van der Waals surface area contributed by atoms with Crippen molar-refractivity contribution in [1.29, 1.82) is 5.26 Å². The van der Waals surface area contributed by atoms with Crippen molar-refractivity contribution in [2.24, 2.45) is 5.73 Å². The summed E-state index contributed by atoms with van der Waals surface area (Å²) >= 11 is 0. The maximum Gasteiger partial charge on any atom is 0.124 e. The van der Waals surface area contributed by atoms with Gasteiger partial charge >= 0.3 is 0 Å². The molecule has 0 radical (unpaired) electrons. The van der Waals surface area contributed by atoms with E-state index in [9.17, 15) is 0 Å². The smallest absolute Gasteiger partial charge is 0.124 e. The summed E-state index contributed by atoms with van der Waals surface area (Å²) in [6, 6.07) is 9.35. The van der Waals surface area contributed by atoms with Crippen LogP contribution in [0.4, 0.5) is 0 Å². The first-order valence-corrected chi connectivity index (χ1v) is 4.63. The Morgan fingerprint density at radius 3 is 2.73 bits per heavy atom. The van der Waals surface area contributed by atoms with Gasteiger partial charge in [-0.1, -0.05) is 18.2 Å². The zero-order valence-electron chi connectivity index (χ0n) is 8.64. The summed E-state index contributed by atoms with van der Waals surface area (Å²) in [7, 11) is 0. The number of benzene rings is 1. The molecule has 1 aromatic carbocycles. The van der Waals surface area contributed by atoms with Gasteiger partial charge < -0.3 is 10.5 Å². The minimum atomic E-state index is -0.261. The number of nitrogens with zero attached hydrogens (tertiary/aromatic N) is 1. The lowest BCUT2D eigenvalue weighted by Gasteiger charge is -2.13.